The molecule has 2 rings (SSSR count). The van der Waals surface area contributed by atoms with Crippen LogP contribution in [-0.4, -0.2) is 17.6 Å². The zero-order valence-corrected chi connectivity index (χ0v) is 12.4. The Hall–Kier alpha value is -1.75. The van der Waals surface area contributed by atoms with E-state index in [1.54, 1.807) is 6.07 Å². The number of ether oxygens (including phenoxy) is 1. The number of aromatic nitrogens is 1. The number of nitrogens with zero attached hydrogens (tertiary/aromatic N) is 1. The lowest BCUT2D eigenvalue weighted by Crippen LogP contribution is -2.11. The molecule has 2 aromatic rings. The molecular formula is C14H15BrN2O2. The number of methoxy groups -OCH3 is 1. The summed E-state index contributed by atoms with van der Waals surface area (Å²) >= 11 is 3.37. The molecule has 0 unspecified atom stereocenters. The van der Waals surface area contributed by atoms with Gasteiger partial charge in [-0.05, 0) is 40.5 Å². The summed E-state index contributed by atoms with van der Waals surface area (Å²) in [6.45, 7) is 2.54. The number of carbonyl (C=O) groups excluding carboxylic acids is 1. The van der Waals surface area contributed by atoms with E-state index in [9.17, 15) is 4.79 Å². The predicted octanol–water partition coefficient (Wildman–Crippen LogP) is 2.98. The van der Waals surface area contributed by atoms with Gasteiger partial charge in [0.2, 0.25) is 0 Å². The highest BCUT2D eigenvalue weighted by atomic mass is 79.9. The van der Waals surface area contributed by atoms with E-state index in [4.69, 9.17) is 10.5 Å². The Balaban J connectivity index is 2.38. The van der Waals surface area contributed by atoms with Crippen molar-refractivity contribution in [3.63, 3.8) is 0 Å². The fourth-order valence-corrected chi connectivity index (χ4v) is 2.40. The number of rotatable bonds is 3. The van der Waals surface area contributed by atoms with Crippen molar-refractivity contribution in [2.24, 2.45) is 0 Å². The van der Waals surface area contributed by atoms with Crippen LogP contribution in [0.25, 0.3) is 0 Å². The van der Waals surface area contributed by atoms with E-state index >= 15 is 0 Å². The minimum atomic E-state index is -0.364. The first-order valence-corrected chi connectivity index (χ1v) is 6.59. The average molecular weight is 323 g/mol. The largest absolute Gasteiger partial charge is 0.464 e. The van der Waals surface area contributed by atoms with Crippen molar-refractivity contribution in [2.75, 3.05) is 12.8 Å². The van der Waals surface area contributed by atoms with Crippen molar-refractivity contribution >= 4 is 27.6 Å². The molecular weight excluding hydrogens is 308 g/mol. The maximum atomic E-state index is 11.7. The molecule has 0 amide bonds. The maximum Gasteiger partial charge on any atom is 0.354 e. The second-order valence-electron chi connectivity index (χ2n) is 4.37. The molecule has 1 heterocycles. The van der Waals surface area contributed by atoms with Gasteiger partial charge in [0.15, 0.2) is 0 Å². The topological polar surface area (TPSA) is 57.2 Å². The molecule has 0 atom stereocenters. The minimum Gasteiger partial charge on any atom is -0.464 e. The molecule has 0 radical (unpaired) electrons. The van der Waals surface area contributed by atoms with Crippen molar-refractivity contribution < 1.29 is 9.53 Å². The summed E-state index contributed by atoms with van der Waals surface area (Å²) in [5.74, 6) is -0.364. The maximum absolute atomic E-state index is 11.7. The molecule has 100 valence electrons. The van der Waals surface area contributed by atoms with Gasteiger partial charge in [-0.1, -0.05) is 17.7 Å². The number of halogens is 1. The normalized spacial score (nSPS) is 10.5. The van der Waals surface area contributed by atoms with Gasteiger partial charge in [-0.2, -0.15) is 0 Å². The third-order valence-corrected chi connectivity index (χ3v) is 3.33. The Morgan fingerprint density at radius 1 is 1.42 bits per heavy atom. The molecule has 4 nitrogen and oxygen atoms in total. The van der Waals surface area contributed by atoms with E-state index in [1.807, 2.05) is 35.9 Å². The summed E-state index contributed by atoms with van der Waals surface area (Å²) < 4.78 is 7.42. The molecule has 0 bridgehead atoms. The standard InChI is InChI=1S/C14H15BrN2O2/c1-9-3-4-12(16)10(5-9)7-17-8-11(15)6-13(17)14(18)19-2/h3-6,8H,7,16H2,1-2H3. The van der Waals surface area contributed by atoms with Gasteiger partial charge in [-0.15, -0.1) is 0 Å². The molecule has 0 aliphatic carbocycles. The third-order valence-electron chi connectivity index (χ3n) is 2.90. The summed E-state index contributed by atoms with van der Waals surface area (Å²) in [5, 5.41) is 0. The Labute approximate surface area is 120 Å². The number of nitrogen functional groups attached to an aromatic ring is 1. The number of hydrogen-bond donors (Lipinski definition) is 1. The van der Waals surface area contributed by atoms with Crippen LogP contribution < -0.4 is 5.73 Å². The second kappa shape index (κ2) is 5.48. The molecule has 0 aliphatic rings. The van der Waals surface area contributed by atoms with E-state index in [1.165, 1.54) is 7.11 Å². The minimum absolute atomic E-state index is 0.364. The van der Waals surface area contributed by atoms with Crippen LogP contribution in [0.2, 0.25) is 0 Å². The number of anilines is 1. The molecule has 2 N–H and O–H groups in total. The zero-order chi connectivity index (χ0) is 14.0. The molecule has 0 fully saturated rings. The molecule has 1 aromatic carbocycles. The van der Waals surface area contributed by atoms with Crippen LogP contribution in [0.15, 0.2) is 34.9 Å². The van der Waals surface area contributed by atoms with Crippen molar-refractivity contribution in [3.05, 3.63) is 51.8 Å². The lowest BCUT2D eigenvalue weighted by Gasteiger charge is -2.10. The van der Waals surface area contributed by atoms with Gasteiger partial charge >= 0.3 is 5.97 Å². The summed E-state index contributed by atoms with van der Waals surface area (Å²) in [5.41, 5.74) is 9.29. The summed E-state index contributed by atoms with van der Waals surface area (Å²) in [6.07, 6.45) is 1.84. The second-order valence-corrected chi connectivity index (χ2v) is 5.28. The Morgan fingerprint density at radius 3 is 2.84 bits per heavy atom. The molecule has 0 saturated heterocycles. The number of carbonyl (C=O) groups is 1. The number of benzene rings is 1. The fraction of sp³-hybridized carbons (Fsp3) is 0.214. The quantitative estimate of drug-likeness (QED) is 0.698. The SMILES string of the molecule is COC(=O)c1cc(Br)cn1Cc1cc(C)ccc1N. The average Bonchev–Trinajstić information content (AvgIpc) is 2.74. The summed E-state index contributed by atoms with van der Waals surface area (Å²) in [7, 11) is 1.37. The van der Waals surface area contributed by atoms with Crippen LogP contribution in [0, 0.1) is 6.92 Å². The molecule has 19 heavy (non-hydrogen) atoms. The van der Waals surface area contributed by atoms with Crippen LogP contribution in [0.3, 0.4) is 0 Å². The van der Waals surface area contributed by atoms with Gasteiger partial charge in [0.05, 0.1) is 7.11 Å². The number of aryl methyl sites for hydroxylation is 1. The van der Waals surface area contributed by atoms with E-state index in [-0.39, 0.29) is 5.97 Å². The summed E-state index contributed by atoms with van der Waals surface area (Å²) in [6, 6.07) is 7.59. The first-order chi connectivity index (χ1) is 9.01. The van der Waals surface area contributed by atoms with Crippen molar-refractivity contribution in [2.45, 2.75) is 13.5 Å². The van der Waals surface area contributed by atoms with Crippen molar-refractivity contribution in [1.82, 2.24) is 4.57 Å². The molecule has 5 heteroatoms. The van der Waals surface area contributed by atoms with Crippen LogP contribution >= 0.6 is 15.9 Å². The highest BCUT2D eigenvalue weighted by Gasteiger charge is 2.14. The molecule has 0 aliphatic heterocycles. The fourth-order valence-electron chi connectivity index (χ4n) is 1.94. The first-order valence-electron chi connectivity index (χ1n) is 5.80. The highest BCUT2D eigenvalue weighted by Crippen LogP contribution is 2.20. The summed E-state index contributed by atoms with van der Waals surface area (Å²) in [4.78, 5) is 11.7. The van der Waals surface area contributed by atoms with Crippen LogP contribution in [0.4, 0.5) is 5.69 Å². The van der Waals surface area contributed by atoms with E-state index in [0.717, 1.165) is 15.6 Å². The smallest absolute Gasteiger partial charge is 0.354 e. The van der Waals surface area contributed by atoms with E-state index in [2.05, 4.69) is 15.9 Å². The Bertz CT molecular complexity index is 620. The first kappa shape index (κ1) is 13.7. The Kier molecular flexibility index (Phi) is 3.95. The molecule has 0 spiro atoms. The predicted molar refractivity (Wildman–Crippen MR) is 78.2 cm³/mol. The van der Waals surface area contributed by atoms with Crippen LogP contribution in [-0.2, 0) is 11.3 Å². The Morgan fingerprint density at radius 2 is 2.16 bits per heavy atom. The van der Waals surface area contributed by atoms with Gasteiger partial charge in [-0.3, -0.25) is 0 Å². The third kappa shape index (κ3) is 2.98. The number of nitrogens with two attached hydrogens (primary N) is 1. The lowest BCUT2D eigenvalue weighted by molar-refractivity contribution is 0.0589. The number of hydrogen-bond acceptors (Lipinski definition) is 3. The van der Waals surface area contributed by atoms with Gasteiger partial charge in [0.1, 0.15) is 5.69 Å². The lowest BCUT2D eigenvalue weighted by atomic mass is 10.1. The highest BCUT2D eigenvalue weighted by molar-refractivity contribution is 9.10. The van der Waals surface area contributed by atoms with Gasteiger partial charge < -0.3 is 15.0 Å². The molecule has 1 aromatic heterocycles. The van der Waals surface area contributed by atoms with Gasteiger partial charge in [0.25, 0.3) is 0 Å². The zero-order valence-electron chi connectivity index (χ0n) is 10.8. The van der Waals surface area contributed by atoms with Gasteiger partial charge in [-0.25, -0.2) is 4.79 Å². The van der Waals surface area contributed by atoms with Crippen LogP contribution in [0.1, 0.15) is 21.6 Å². The van der Waals surface area contributed by atoms with E-state index in [0.29, 0.717) is 17.9 Å². The number of esters is 1. The molecule has 0 saturated carbocycles. The van der Waals surface area contributed by atoms with Crippen molar-refractivity contribution in [3.8, 4) is 0 Å². The van der Waals surface area contributed by atoms with Crippen LogP contribution in [0.5, 0.6) is 0 Å². The monoisotopic (exact) mass is 322 g/mol. The van der Waals surface area contributed by atoms with E-state index < -0.39 is 0 Å². The van der Waals surface area contributed by atoms with Gasteiger partial charge in [0, 0.05) is 22.9 Å². The van der Waals surface area contributed by atoms with Crippen molar-refractivity contribution in [1.29, 1.82) is 0 Å².